The molecule has 2 N–H and O–H groups in total. The van der Waals surface area contributed by atoms with Crippen LogP contribution in [0, 0.1) is 11.3 Å². The molecule has 3 heteroatoms. The molecule has 3 nitrogen and oxygen atoms in total. The normalized spacial score (nSPS) is 36.7. The Labute approximate surface area is 85.1 Å². The van der Waals surface area contributed by atoms with Crippen molar-refractivity contribution in [3.8, 4) is 0 Å². The molecule has 2 atom stereocenters. The number of hydrogen-bond acceptors (Lipinski definition) is 2. The van der Waals surface area contributed by atoms with Crippen LogP contribution in [0.15, 0.2) is 0 Å². The Balaban J connectivity index is 2.69. The molecule has 1 aliphatic carbocycles. The molecule has 0 spiro atoms. The first-order chi connectivity index (χ1) is 6.25. The maximum absolute atomic E-state index is 10.6. The summed E-state index contributed by atoms with van der Waals surface area (Å²) in [7, 11) is 0. The van der Waals surface area contributed by atoms with E-state index in [9.17, 15) is 9.90 Å². The van der Waals surface area contributed by atoms with E-state index < -0.39 is 11.6 Å². The number of carbonyl (C=O) groups is 1. The SMILES string of the molecule is CC1CC(C)(C)CCC1(O)CC(=O)O. The van der Waals surface area contributed by atoms with E-state index in [0.717, 1.165) is 12.8 Å². The van der Waals surface area contributed by atoms with Crippen LogP contribution in [0.3, 0.4) is 0 Å². The van der Waals surface area contributed by atoms with Crippen molar-refractivity contribution in [2.75, 3.05) is 0 Å². The highest BCUT2D eigenvalue weighted by molar-refractivity contribution is 5.68. The standard InChI is InChI=1S/C11H20O3/c1-8-6-10(2,3)4-5-11(8,14)7-9(12)13/h8,14H,4-7H2,1-3H3,(H,12,13). The van der Waals surface area contributed by atoms with E-state index in [-0.39, 0.29) is 17.8 Å². The van der Waals surface area contributed by atoms with E-state index in [1.807, 2.05) is 6.92 Å². The minimum absolute atomic E-state index is 0.0716. The van der Waals surface area contributed by atoms with Crippen molar-refractivity contribution in [3.05, 3.63) is 0 Å². The average molecular weight is 200 g/mol. The van der Waals surface area contributed by atoms with Crippen molar-refractivity contribution in [3.63, 3.8) is 0 Å². The summed E-state index contributed by atoms with van der Waals surface area (Å²) in [6, 6.07) is 0. The molecule has 1 aliphatic rings. The summed E-state index contributed by atoms with van der Waals surface area (Å²) in [5.41, 5.74) is -0.745. The van der Waals surface area contributed by atoms with Crippen LogP contribution in [0.25, 0.3) is 0 Å². The number of aliphatic carboxylic acids is 1. The van der Waals surface area contributed by atoms with Crippen LogP contribution in [-0.2, 0) is 4.79 Å². The fourth-order valence-electron chi connectivity index (χ4n) is 2.45. The third-order valence-corrected chi connectivity index (χ3v) is 3.47. The lowest BCUT2D eigenvalue weighted by atomic mass is 9.64. The van der Waals surface area contributed by atoms with E-state index in [1.54, 1.807) is 0 Å². The van der Waals surface area contributed by atoms with E-state index >= 15 is 0 Å². The van der Waals surface area contributed by atoms with Crippen LogP contribution >= 0.6 is 0 Å². The van der Waals surface area contributed by atoms with Crippen molar-refractivity contribution in [2.45, 2.75) is 52.1 Å². The third-order valence-electron chi connectivity index (χ3n) is 3.47. The zero-order valence-corrected chi connectivity index (χ0v) is 9.21. The Hall–Kier alpha value is -0.570. The summed E-state index contributed by atoms with van der Waals surface area (Å²) < 4.78 is 0. The van der Waals surface area contributed by atoms with Gasteiger partial charge in [0, 0.05) is 0 Å². The molecule has 0 amide bonds. The van der Waals surface area contributed by atoms with Gasteiger partial charge in [-0.2, -0.15) is 0 Å². The predicted molar refractivity (Wildman–Crippen MR) is 54.0 cm³/mol. The van der Waals surface area contributed by atoms with Gasteiger partial charge < -0.3 is 10.2 Å². The van der Waals surface area contributed by atoms with Crippen LogP contribution in [-0.4, -0.2) is 21.8 Å². The second-order valence-corrected chi connectivity index (χ2v) is 5.44. The molecule has 0 aromatic carbocycles. The molecule has 1 fully saturated rings. The van der Waals surface area contributed by atoms with Crippen LogP contribution in [0.1, 0.15) is 46.5 Å². The molecular formula is C11H20O3. The predicted octanol–water partition coefficient (Wildman–Crippen LogP) is 2.04. The Kier molecular flexibility index (Phi) is 2.91. The first-order valence-corrected chi connectivity index (χ1v) is 5.19. The number of hydrogen-bond donors (Lipinski definition) is 2. The van der Waals surface area contributed by atoms with Crippen LogP contribution in [0.4, 0.5) is 0 Å². The highest BCUT2D eigenvalue weighted by Crippen LogP contribution is 2.45. The van der Waals surface area contributed by atoms with Gasteiger partial charge in [-0.3, -0.25) is 4.79 Å². The van der Waals surface area contributed by atoms with Crippen molar-refractivity contribution in [1.82, 2.24) is 0 Å². The molecule has 1 saturated carbocycles. The number of carboxylic acids is 1. The van der Waals surface area contributed by atoms with Crippen LogP contribution in [0.2, 0.25) is 0 Å². The lowest BCUT2D eigenvalue weighted by molar-refractivity contribution is -0.149. The fraction of sp³-hybridized carbons (Fsp3) is 0.909. The van der Waals surface area contributed by atoms with Gasteiger partial charge >= 0.3 is 5.97 Å². The summed E-state index contributed by atoms with van der Waals surface area (Å²) in [6.45, 7) is 6.29. The summed E-state index contributed by atoms with van der Waals surface area (Å²) in [4.78, 5) is 10.6. The molecular weight excluding hydrogens is 180 g/mol. The second kappa shape index (κ2) is 3.54. The molecule has 14 heavy (non-hydrogen) atoms. The molecule has 0 heterocycles. The van der Waals surface area contributed by atoms with Gasteiger partial charge in [-0.05, 0) is 30.6 Å². The fourth-order valence-corrected chi connectivity index (χ4v) is 2.45. The Morgan fingerprint density at radius 1 is 1.43 bits per heavy atom. The highest BCUT2D eigenvalue weighted by Gasteiger charge is 2.43. The van der Waals surface area contributed by atoms with E-state index in [2.05, 4.69) is 13.8 Å². The minimum Gasteiger partial charge on any atom is -0.481 e. The van der Waals surface area contributed by atoms with Gasteiger partial charge in [0.05, 0.1) is 12.0 Å². The van der Waals surface area contributed by atoms with E-state index in [1.165, 1.54) is 0 Å². The van der Waals surface area contributed by atoms with Gasteiger partial charge in [-0.1, -0.05) is 20.8 Å². The number of carboxylic acid groups (broad SMARTS) is 1. The van der Waals surface area contributed by atoms with Crippen molar-refractivity contribution in [2.24, 2.45) is 11.3 Å². The van der Waals surface area contributed by atoms with Crippen LogP contribution in [0.5, 0.6) is 0 Å². The third kappa shape index (κ3) is 2.47. The molecule has 1 rings (SSSR count). The molecule has 0 aromatic heterocycles. The largest absolute Gasteiger partial charge is 0.481 e. The zero-order chi connectivity index (χ0) is 11.0. The molecule has 0 aliphatic heterocycles. The van der Waals surface area contributed by atoms with Gasteiger partial charge in [0.25, 0.3) is 0 Å². The lowest BCUT2D eigenvalue weighted by Crippen LogP contribution is -2.45. The van der Waals surface area contributed by atoms with Crippen molar-refractivity contribution >= 4 is 5.97 Å². The molecule has 0 aromatic rings. The Bertz CT molecular complexity index is 235. The average Bonchev–Trinajstić information content (AvgIpc) is 1.97. The van der Waals surface area contributed by atoms with E-state index in [0.29, 0.717) is 6.42 Å². The van der Waals surface area contributed by atoms with Gasteiger partial charge in [0.2, 0.25) is 0 Å². The lowest BCUT2D eigenvalue weighted by Gasteiger charge is -2.44. The van der Waals surface area contributed by atoms with Gasteiger partial charge in [0.1, 0.15) is 0 Å². The topological polar surface area (TPSA) is 57.5 Å². The second-order valence-electron chi connectivity index (χ2n) is 5.44. The Morgan fingerprint density at radius 3 is 2.43 bits per heavy atom. The van der Waals surface area contributed by atoms with Gasteiger partial charge in [-0.15, -0.1) is 0 Å². The summed E-state index contributed by atoms with van der Waals surface area (Å²) in [5, 5.41) is 18.9. The van der Waals surface area contributed by atoms with Crippen molar-refractivity contribution in [1.29, 1.82) is 0 Å². The van der Waals surface area contributed by atoms with Gasteiger partial charge in [-0.25, -0.2) is 0 Å². The maximum atomic E-state index is 10.6. The molecule has 0 bridgehead atoms. The highest BCUT2D eigenvalue weighted by atomic mass is 16.4. The van der Waals surface area contributed by atoms with Crippen LogP contribution < -0.4 is 0 Å². The number of rotatable bonds is 2. The number of aliphatic hydroxyl groups is 1. The Morgan fingerprint density at radius 2 is 2.00 bits per heavy atom. The van der Waals surface area contributed by atoms with Crippen molar-refractivity contribution < 1.29 is 15.0 Å². The smallest absolute Gasteiger partial charge is 0.306 e. The monoisotopic (exact) mass is 200 g/mol. The summed E-state index contributed by atoms with van der Waals surface area (Å²) in [5.74, 6) is -0.832. The maximum Gasteiger partial charge on any atom is 0.306 e. The minimum atomic E-state index is -0.985. The first kappa shape index (κ1) is 11.5. The summed E-state index contributed by atoms with van der Waals surface area (Å²) in [6.07, 6.45) is 2.29. The molecule has 2 unspecified atom stereocenters. The van der Waals surface area contributed by atoms with Gasteiger partial charge in [0.15, 0.2) is 0 Å². The summed E-state index contributed by atoms with van der Waals surface area (Å²) >= 11 is 0. The molecule has 0 saturated heterocycles. The molecule has 0 radical (unpaired) electrons. The quantitative estimate of drug-likeness (QED) is 0.717. The molecule has 82 valence electrons. The first-order valence-electron chi connectivity index (χ1n) is 5.19. The van der Waals surface area contributed by atoms with E-state index in [4.69, 9.17) is 5.11 Å². The zero-order valence-electron chi connectivity index (χ0n) is 9.21.